The van der Waals surface area contributed by atoms with E-state index in [1.165, 1.54) is 0 Å². The second-order valence-corrected chi connectivity index (χ2v) is 10.9. The minimum absolute atomic E-state index is 0.0667. The Hall–Kier alpha value is -1.18. The van der Waals surface area contributed by atoms with Crippen LogP contribution in [-0.4, -0.2) is 71.1 Å². The van der Waals surface area contributed by atoms with Gasteiger partial charge in [-0.05, 0) is 86.5 Å². The van der Waals surface area contributed by atoms with Gasteiger partial charge in [-0.15, -0.1) is 0 Å². The van der Waals surface area contributed by atoms with E-state index in [2.05, 4.69) is 23.6 Å². The van der Waals surface area contributed by atoms with Crippen LogP contribution in [0.3, 0.4) is 0 Å². The van der Waals surface area contributed by atoms with E-state index in [4.69, 9.17) is 14.2 Å². The average molecular weight is 439 g/mol. The number of carbonyl (C=O) groups excluding carboxylic acids is 2. The van der Waals surface area contributed by atoms with Gasteiger partial charge in [0.1, 0.15) is 5.60 Å². The van der Waals surface area contributed by atoms with Gasteiger partial charge in [0.15, 0.2) is 0 Å². The lowest BCUT2D eigenvalue weighted by atomic mass is 9.85. The van der Waals surface area contributed by atoms with Crippen LogP contribution in [0.2, 0.25) is 0 Å². The van der Waals surface area contributed by atoms with Crippen LogP contribution in [-0.2, 0) is 23.8 Å². The third kappa shape index (κ3) is 5.25. The van der Waals surface area contributed by atoms with Crippen molar-refractivity contribution in [1.29, 1.82) is 0 Å². The Labute approximate surface area is 187 Å². The third-order valence-corrected chi connectivity index (χ3v) is 6.87. The topological polar surface area (TPSA) is 68.3 Å². The second kappa shape index (κ2) is 9.36. The molecule has 0 aromatic heterocycles. The van der Waals surface area contributed by atoms with Crippen molar-refractivity contribution in [3.8, 4) is 0 Å². The molecule has 3 fully saturated rings. The van der Waals surface area contributed by atoms with E-state index in [1.807, 2.05) is 27.7 Å². The van der Waals surface area contributed by atoms with Crippen molar-refractivity contribution in [2.24, 2.45) is 5.92 Å². The zero-order valence-electron chi connectivity index (χ0n) is 20.4. The molecule has 1 aliphatic carbocycles. The standard InChI is InChI=1S/C24H42N2O5/c1-7-29-20(27)18-10-12-19(13-11-18)30-24(25-15-8-9-16-25,21(28)31-22(2,3)4)26-17-14-23(26,5)6/h18-19H,7-17H2,1-6H3. The van der Waals surface area contributed by atoms with Crippen LogP contribution in [0.1, 0.15) is 86.5 Å². The van der Waals surface area contributed by atoms with Gasteiger partial charge in [-0.2, -0.15) is 0 Å². The molecule has 31 heavy (non-hydrogen) atoms. The first-order valence-electron chi connectivity index (χ1n) is 12.1. The lowest BCUT2D eigenvalue weighted by Gasteiger charge is -2.60. The summed E-state index contributed by atoms with van der Waals surface area (Å²) in [6.45, 7) is 14.8. The summed E-state index contributed by atoms with van der Waals surface area (Å²) in [5, 5.41) is 0. The Bertz CT molecular complexity index is 645. The summed E-state index contributed by atoms with van der Waals surface area (Å²) in [7, 11) is 0. The molecule has 1 saturated carbocycles. The number of likely N-dealkylation sites (tertiary alicyclic amines) is 2. The molecule has 3 rings (SSSR count). The molecule has 2 saturated heterocycles. The summed E-state index contributed by atoms with van der Waals surface area (Å²) in [6, 6.07) is 0. The first kappa shape index (κ1) is 24.5. The highest BCUT2D eigenvalue weighted by molar-refractivity contribution is 5.79. The van der Waals surface area contributed by atoms with E-state index in [0.717, 1.165) is 64.6 Å². The van der Waals surface area contributed by atoms with Crippen LogP contribution in [0.4, 0.5) is 0 Å². The lowest BCUT2D eigenvalue weighted by molar-refractivity contribution is -0.310. The van der Waals surface area contributed by atoms with Crippen molar-refractivity contribution >= 4 is 11.9 Å². The molecular formula is C24H42N2O5. The van der Waals surface area contributed by atoms with Gasteiger partial charge in [-0.3, -0.25) is 9.69 Å². The summed E-state index contributed by atoms with van der Waals surface area (Å²) in [5.74, 6) is -1.68. The molecule has 1 atom stereocenters. The first-order chi connectivity index (χ1) is 14.5. The van der Waals surface area contributed by atoms with Gasteiger partial charge in [0.25, 0.3) is 5.85 Å². The molecule has 2 aliphatic heterocycles. The lowest BCUT2D eigenvalue weighted by Crippen LogP contribution is -2.77. The molecule has 0 amide bonds. The Morgan fingerprint density at radius 2 is 1.61 bits per heavy atom. The van der Waals surface area contributed by atoms with Crippen LogP contribution in [0.25, 0.3) is 0 Å². The second-order valence-electron chi connectivity index (χ2n) is 10.9. The van der Waals surface area contributed by atoms with Crippen LogP contribution in [0.5, 0.6) is 0 Å². The fraction of sp³-hybridized carbons (Fsp3) is 0.917. The molecule has 0 aromatic rings. The van der Waals surface area contributed by atoms with Crippen molar-refractivity contribution in [3.05, 3.63) is 0 Å². The van der Waals surface area contributed by atoms with Gasteiger partial charge in [0, 0.05) is 25.2 Å². The largest absolute Gasteiger partial charge is 0.466 e. The predicted molar refractivity (Wildman–Crippen MR) is 118 cm³/mol. The molecule has 0 spiro atoms. The molecule has 1 unspecified atom stereocenters. The van der Waals surface area contributed by atoms with Crippen LogP contribution >= 0.6 is 0 Å². The number of nitrogens with zero attached hydrogens (tertiary/aromatic N) is 2. The number of rotatable bonds is 7. The van der Waals surface area contributed by atoms with Crippen molar-refractivity contribution in [2.75, 3.05) is 26.2 Å². The van der Waals surface area contributed by atoms with Crippen LogP contribution < -0.4 is 0 Å². The van der Waals surface area contributed by atoms with Crippen molar-refractivity contribution < 1.29 is 23.8 Å². The Morgan fingerprint density at radius 1 is 1.00 bits per heavy atom. The SMILES string of the molecule is CCOC(=O)C1CCC(OC(C(=O)OC(C)(C)C)(N2CCCC2)N2CCC2(C)C)CC1. The molecule has 7 heteroatoms. The smallest absolute Gasteiger partial charge is 0.371 e. The first-order valence-corrected chi connectivity index (χ1v) is 12.1. The van der Waals surface area contributed by atoms with Gasteiger partial charge in [-0.1, -0.05) is 0 Å². The number of carbonyl (C=O) groups is 2. The average Bonchev–Trinajstić information content (AvgIpc) is 3.21. The van der Waals surface area contributed by atoms with Gasteiger partial charge >= 0.3 is 11.9 Å². The highest BCUT2D eigenvalue weighted by Crippen LogP contribution is 2.44. The van der Waals surface area contributed by atoms with Gasteiger partial charge in [-0.25, -0.2) is 9.69 Å². The Balaban J connectivity index is 1.85. The molecule has 3 aliphatic rings. The van der Waals surface area contributed by atoms with E-state index in [9.17, 15) is 9.59 Å². The zero-order chi connectivity index (χ0) is 22.9. The Kier molecular flexibility index (Phi) is 7.38. The van der Waals surface area contributed by atoms with Crippen molar-refractivity contribution in [2.45, 2.75) is 110 Å². The maximum absolute atomic E-state index is 13.8. The molecular weight excluding hydrogens is 396 g/mol. The summed E-state index contributed by atoms with van der Waals surface area (Å²) >= 11 is 0. The van der Waals surface area contributed by atoms with Crippen molar-refractivity contribution in [1.82, 2.24) is 9.80 Å². The highest BCUT2D eigenvalue weighted by atomic mass is 16.6. The number of hydrogen-bond donors (Lipinski definition) is 0. The Morgan fingerprint density at radius 3 is 2.06 bits per heavy atom. The highest BCUT2D eigenvalue weighted by Gasteiger charge is 2.61. The molecule has 0 N–H and O–H groups in total. The minimum Gasteiger partial charge on any atom is -0.466 e. The summed E-state index contributed by atoms with van der Waals surface area (Å²) in [6.07, 6.45) is 6.00. The molecule has 0 aromatic carbocycles. The number of ether oxygens (including phenoxy) is 3. The maximum Gasteiger partial charge on any atom is 0.371 e. The number of esters is 2. The van der Waals surface area contributed by atoms with Gasteiger partial charge < -0.3 is 14.2 Å². The quantitative estimate of drug-likeness (QED) is 0.561. The molecule has 7 nitrogen and oxygen atoms in total. The van der Waals surface area contributed by atoms with E-state index in [-0.39, 0.29) is 29.5 Å². The van der Waals surface area contributed by atoms with E-state index >= 15 is 0 Å². The van der Waals surface area contributed by atoms with Gasteiger partial charge in [0.2, 0.25) is 0 Å². The molecule has 0 bridgehead atoms. The van der Waals surface area contributed by atoms with E-state index in [1.54, 1.807) is 0 Å². The molecule has 2 heterocycles. The predicted octanol–water partition coefficient (Wildman–Crippen LogP) is 3.70. The molecule has 0 radical (unpaired) electrons. The monoisotopic (exact) mass is 438 g/mol. The van der Waals surface area contributed by atoms with E-state index in [0.29, 0.717) is 6.61 Å². The zero-order valence-corrected chi connectivity index (χ0v) is 20.4. The fourth-order valence-electron chi connectivity index (χ4n) is 5.10. The molecule has 178 valence electrons. The van der Waals surface area contributed by atoms with Crippen LogP contribution in [0, 0.1) is 5.92 Å². The number of hydrogen-bond acceptors (Lipinski definition) is 7. The maximum atomic E-state index is 13.8. The van der Waals surface area contributed by atoms with Crippen LogP contribution in [0.15, 0.2) is 0 Å². The summed E-state index contributed by atoms with van der Waals surface area (Å²) < 4.78 is 18.0. The van der Waals surface area contributed by atoms with Crippen molar-refractivity contribution in [3.63, 3.8) is 0 Å². The summed E-state index contributed by atoms with van der Waals surface area (Å²) in [5.41, 5.74) is -0.733. The normalized spacial score (nSPS) is 29.1. The van der Waals surface area contributed by atoms with E-state index < -0.39 is 11.4 Å². The third-order valence-electron chi connectivity index (χ3n) is 6.87. The summed E-state index contributed by atoms with van der Waals surface area (Å²) in [4.78, 5) is 30.4. The fourth-order valence-corrected chi connectivity index (χ4v) is 5.10. The minimum atomic E-state index is -1.20. The van der Waals surface area contributed by atoms with Gasteiger partial charge in [0.05, 0.1) is 18.6 Å².